The molecule has 1 saturated heterocycles. The summed E-state index contributed by atoms with van der Waals surface area (Å²) in [5, 5.41) is 3.41. The van der Waals surface area contributed by atoms with Crippen molar-refractivity contribution in [1.29, 1.82) is 0 Å². The van der Waals surface area contributed by atoms with E-state index in [1.807, 2.05) is 18.3 Å². The Hall–Kier alpha value is -2.93. The largest absolute Gasteiger partial charge is 0.494 e. The number of benzene rings is 1. The molecule has 4 rings (SSSR count). The maximum atomic E-state index is 13.6. The Morgan fingerprint density at radius 2 is 2.11 bits per heavy atom. The second kappa shape index (κ2) is 7.00. The summed E-state index contributed by atoms with van der Waals surface area (Å²) < 4.78 is 20.2. The minimum absolute atomic E-state index is 0.123. The van der Waals surface area contributed by atoms with Crippen LogP contribution < -0.4 is 20.5 Å². The van der Waals surface area contributed by atoms with Gasteiger partial charge in [0.15, 0.2) is 11.6 Å². The molecule has 0 unspecified atom stereocenters. The second-order valence-electron chi connectivity index (χ2n) is 6.75. The van der Waals surface area contributed by atoms with Crippen molar-refractivity contribution < 1.29 is 9.13 Å². The molecule has 27 heavy (non-hydrogen) atoms. The molecule has 6 nitrogen and oxygen atoms in total. The molecule has 0 amide bonds. The maximum absolute atomic E-state index is 13.6. The van der Waals surface area contributed by atoms with Crippen LogP contribution in [0.4, 0.5) is 10.1 Å². The smallest absolute Gasteiger partial charge is 0.258 e. The van der Waals surface area contributed by atoms with Crippen LogP contribution in [0.1, 0.15) is 6.92 Å². The third-order valence-corrected chi connectivity index (χ3v) is 4.82. The van der Waals surface area contributed by atoms with E-state index < -0.39 is 5.82 Å². The van der Waals surface area contributed by atoms with Crippen LogP contribution in [0.25, 0.3) is 16.9 Å². The van der Waals surface area contributed by atoms with Gasteiger partial charge in [0, 0.05) is 43.5 Å². The minimum atomic E-state index is -0.450. The van der Waals surface area contributed by atoms with E-state index in [1.165, 1.54) is 19.2 Å². The molecule has 1 atom stereocenters. The number of methoxy groups -OCH3 is 1. The zero-order valence-corrected chi connectivity index (χ0v) is 15.3. The number of pyridine rings is 1. The van der Waals surface area contributed by atoms with Gasteiger partial charge in [0.05, 0.1) is 18.5 Å². The Balaban J connectivity index is 1.74. The van der Waals surface area contributed by atoms with E-state index in [4.69, 9.17) is 4.74 Å². The molecular weight excluding hydrogens is 347 g/mol. The molecule has 3 aromatic rings. The molecule has 1 fully saturated rings. The van der Waals surface area contributed by atoms with Crippen LogP contribution in [-0.2, 0) is 0 Å². The van der Waals surface area contributed by atoms with Crippen LogP contribution in [-0.4, -0.2) is 42.2 Å². The number of piperazine rings is 1. The first kappa shape index (κ1) is 17.5. The Bertz CT molecular complexity index is 1050. The van der Waals surface area contributed by atoms with Gasteiger partial charge in [-0.1, -0.05) is 0 Å². The van der Waals surface area contributed by atoms with Crippen molar-refractivity contribution in [2.24, 2.45) is 0 Å². The summed E-state index contributed by atoms with van der Waals surface area (Å²) in [5.74, 6) is -0.327. The molecule has 0 aliphatic carbocycles. The van der Waals surface area contributed by atoms with Gasteiger partial charge in [-0.2, -0.15) is 0 Å². The zero-order chi connectivity index (χ0) is 19.0. The number of nitrogens with one attached hydrogen (secondary N) is 1. The lowest BCUT2D eigenvalue weighted by Gasteiger charge is -2.33. The molecule has 140 valence electrons. The highest BCUT2D eigenvalue weighted by atomic mass is 19.1. The lowest BCUT2D eigenvalue weighted by molar-refractivity contribution is 0.387. The molecule has 1 aromatic carbocycles. The van der Waals surface area contributed by atoms with Gasteiger partial charge in [-0.05, 0) is 37.3 Å². The highest BCUT2D eigenvalue weighted by molar-refractivity contribution is 5.64. The number of rotatable bonds is 3. The molecule has 1 aliphatic rings. The van der Waals surface area contributed by atoms with E-state index in [0.717, 1.165) is 25.3 Å². The third kappa shape index (κ3) is 3.38. The molecule has 0 spiro atoms. The standard InChI is InChI=1S/C20H21FN4O2/c1-13-11-24(8-7-22-13)15-4-6-19-23-17(10-20(26)25(19)12-15)14-3-5-16(21)18(9-14)27-2/h3-6,9-10,12-13,22H,7-8,11H2,1-2H3/t13-/m0/s1. The highest BCUT2D eigenvalue weighted by Gasteiger charge is 2.17. The molecule has 1 aliphatic heterocycles. The van der Waals surface area contributed by atoms with Crippen LogP contribution in [0.15, 0.2) is 47.4 Å². The summed E-state index contributed by atoms with van der Waals surface area (Å²) >= 11 is 0. The van der Waals surface area contributed by atoms with Gasteiger partial charge in [0.2, 0.25) is 0 Å². The van der Waals surface area contributed by atoms with Crippen molar-refractivity contribution in [2.75, 3.05) is 31.6 Å². The normalized spacial score (nSPS) is 17.3. The number of halogens is 1. The van der Waals surface area contributed by atoms with Gasteiger partial charge in [0.1, 0.15) is 5.65 Å². The van der Waals surface area contributed by atoms with Crippen LogP contribution in [0.5, 0.6) is 5.75 Å². The Morgan fingerprint density at radius 3 is 2.89 bits per heavy atom. The molecule has 2 aromatic heterocycles. The van der Waals surface area contributed by atoms with Crippen molar-refractivity contribution in [1.82, 2.24) is 14.7 Å². The zero-order valence-electron chi connectivity index (χ0n) is 15.3. The Labute approximate surface area is 156 Å². The van der Waals surface area contributed by atoms with Gasteiger partial charge in [-0.3, -0.25) is 9.20 Å². The number of hydrogen-bond acceptors (Lipinski definition) is 5. The van der Waals surface area contributed by atoms with Crippen LogP contribution in [0.2, 0.25) is 0 Å². The summed E-state index contributed by atoms with van der Waals surface area (Å²) in [7, 11) is 1.41. The van der Waals surface area contributed by atoms with E-state index >= 15 is 0 Å². The molecule has 0 saturated carbocycles. The molecular formula is C20H21FN4O2. The fourth-order valence-electron chi connectivity index (χ4n) is 3.41. The first-order chi connectivity index (χ1) is 13.0. The number of fused-ring (bicyclic) bond motifs is 1. The monoisotopic (exact) mass is 368 g/mol. The van der Waals surface area contributed by atoms with E-state index in [-0.39, 0.29) is 11.3 Å². The van der Waals surface area contributed by atoms with E-state index in [0.29, 0.717) is 22.9 Å². The quantitative estimate of drug-likeness (QED) is 0.769. The summed E-state index contributed by atoms with van der Waals surface area (Å²) in [6.07, 6.45) is 1.83. The van der Waals surface area contributed by atoms with Crippen LogP contribution >= 0.6 is 0 Å². The Kier molecular flexibility index (Phi) is 4.53. The van der Waals surface area contributed by atoms with E-state index in [9.17, 15) is 9.18 Å². The lowest BCUT2D eigenvalue weighted by atomic mass is 10.1. The number of ether oxygens (including phenoxy) is 1. The van der Waals surface area contributed by atoms with Gasteiger partial charge in [-0.15, -0.1) is 0 Å². The van der Waals surface area contributed by atoms with E-state index in [2.05, 4.69) is 22.1 Å². The fourth-order valence-corrected chi connectivity index (χ4v) is 3.41. The Morgan fingerprint density at radius 1 is 1.26 bits per heavy atom. The van der Waals surface area contributed by atoms with Crippen LogP contribution in [0, 0.1) is 5.82 Å². The molecule has 1 N–H and O–H groups in total. The molecule has 3 heterocycles. The van der Waals surface area contributed by atoms with Crippen molar-refractivity contribution in [3.05, 3.63) is 58.8 Å². The van der Waals surface area contributed by atoms with Gasteiger partial charge in [-0.25, -0.2) is 9.37 Å². The van der Waals surface area contributed by atoms with Crippen molar-refractivity contribution in [3.63, 3.8) is 0 Å². The number of aromatic nitrogens is 2. The predicted molar refractivity (Wildman–Crippen MR) is 103 cm³/mol. The summed E-state index contributed by atoms with van der Waals surface area (Å²) in [6, 6.07) is 10.1. The van der Waals surface area contributed by atoms with Gasteiger partial charge >= 0.3 is 0 Å². The maximum Gasteiger partial charge on any atom is 0.258 e. The first-order valence-corrected chi connectivity index (χ1v) is 8.91. The summed E-state index contributed by atoms with van der Waals surface area (Å²) in [4.78, 5) is 19.5. The molecule has 7 heteroatoms. The number of hydrogen-bond donors (Lipinski definition) is 1. The number of anilines is 1. The minimum Gasteiger partial charge on any atom is -0.494 e. The summed E-state index contributed by atoms with van der Waals surface area (Å²) in [6.45, 7) is 4.84. The molecule has 0 bridgehead atoms. The third-order valence-electron chi connectivity index (χ3n) is 4.82. The van der Waals surface area contributed by atoms with Crippen LogP contribution in [0.3, 0.4) is 0 Å². The predicted octanol–water partition coefficient (Wildman–Crippen LogP) is 2.31. The highest BCUT2D eigenvalue weighted by Crippen LogP contribution is 2.25. The first-order valence-electron chi connectivity index (χ1n) is 8.91. The average Bonchev–Trinajstić information content (AvgIpc) is 2.68. The van der Waals surface area contributed by atoms with Crippen molar-refractivity contribution in [2.45, 2.75) is 13.0 Å². The van der Waals surface area contributed by atoms with Gasteiger partial charge < -0.3 is 15.0 Å². The fraction of sp³-hybridized carbons (Fsp3) is 0.300. The average molecular weight is 368 g/mol. The summed E-state index contributed by atoms with van der Waals surface area (Å²) in [5.41, 5.74) is 2.49. The van der Waals surface area contributed by atoms with E-state index in [1.54, 1.807) is 16.5 Å². The second-order valence-corrected chi connectivity index (χ2v) is 6.75. The SMILES string of the molecule is COc1cc(-c2cc(=O)n3cc(N4CCN[C@@H](C)C4)ccc3n2)ccc1F. The topological polar surface area (TPSA) is 58.9 Å². The van der Waals surface area contributed by atoms with Gasteiger partial charge in [0.25, 0.3) is 5.56 Å². The number of nitrogens with zero attached hydrogens (tertiary/aromatic N) is 3. The van der Waals surface area contributed by atoms with Crippen molar-refractivity contribution in [3.8, 4) is 17.0 Å². The van der Waals surface area contributed by atoms with Crippen molar-refractivity contribution >= 4 is 11.3 Å². The lowest BCUT2D eigenvalue weighted by Crippen LogP contribution is -2.49. The molecule has 0 radical (unpaired) electrons.